The SMILES string of the molecule is C=CCN1C(=O)c2ccc(C(=O)OCC(=O)N3CCc4ccccc4C3)cc2C1=O. The Kier molecular flexibility index (Phi) is 5.18. The number of carbonyl (C=O) groups excluding carboxylic acids is 4. The van der Waals surface area contributed by atoms with E-state index in [9.17, 15) is 19.2 Å². The molecule has 7 heteroatoms. The molecule has 0 fully saturated rings. The molecule has 30 heavy (non-hydrogen) atoms. The van der Waals surface area contributed by atoms with Gasteiger partial charge in [0.15, 0.2) is 6.61 Å². The maximum absolute atomic E-state index is 12.5. The fraction of sp³-hybridized carbons (Fsp3) is 0.217. The number of carbonyl (C=O) groups is 4. The number of fused-ring (bicyclic) bond motifs is 2. The van der Waals surface area contributed by atoms with Gasteiger partial charge in [0, 0.05) is 19.6 Å². The van der Waals surface area contributed by atoms with Gasteiger partial charge in [-0.05, 0) is 35.7 Å². The highest BCUT2D eigenvalue weighted by atomic mass is 16.5. The Balaban J connectivity index is 1.40. The molecule has 4 rings (SSSR count). The highest BCUT2D eigenvalue weighted by molar-refractivity contribution is 6.22. The summed E-state index contributed by atoms with van der Waals surface area (Å²) in [4.78, 5) is 52.2. The van der Waals surface area contributed by atoms with Crippen molar-refractivity contribution in [1.82, 2.24) is 9.80 Å². The summed E-state index contributed by atoms with van der Waals surface area (Å²) in [6.07, 6.45) is 2.22. The van der Waals surface area contributed by atoms with E-state index in [0.717, 1.165) is 16.9 Å². The Morgan fingerprint density at radius 2 is 1.77 bits per heavy atom. The standard InChI is InChI=1S/C23H20N2O5/c1-2-10-25-21(27)18-8-7-16(12-19(18)22(25)28)23(29)30-14-20(26)24-11-9-15-5-3-4-6-17(15)13-24/h2-8,12H,1,9-11,13-14H2. The summed E-state index contributed by atoms with van der Waals surface area (Å²) in [5.74, 6) is -1.89. The van der Waals surface area contributed by atoms with Gasteiger partial charge < -0.3 is 9.64 Å². The molecule has 0 aromatic heterocycles. The van der Waals surface area contributed by atoms with Crippen LogP contribution < -0.4 is 0 Å². The fourth-order valence-electron chi connectivity index (χ4n) is 3.72. The maximum Gasteiger partial charge on any atom is 0.338 e. The van der Waals surface area contributed by atoms with Crippen LogP contribution in [0.5, 0.6) is 0 Å². The minimum absolute atomic E-state index is 0.0968. The zero-order valence-corrected chi connectivity index (χ0v) is 16.3. The maximum atomic E-state index is 12.5. The van der Waals surface area contributed by atoms with Crippen molar-refractivity contribution in [2.45, 2.75) is 13.0 Å². The molecule has 2 aromatic carbocycles. The Labute approximate surface area is 173 Å². The number of esters is 1. The van der Waals surface area contributed by atoms with Crippen molar-refractivity contribution in [1.29, 1.82) is 0 Å². The molecule has 0 saturated carbocycles. The van der Waals surface area contributed by atoms with Crippen molar-refractivity contribution in [3.63, 3.8) is 0 Å². The zero-order valence-electron chi connectivity index (χ0n) is 16.3. The van der Waals surface area contributed by atoms with Gasteiger partial charge in [0.1, 0.15) is 0 Å². The molecule has 2 aliphatic rings. The van der Waals surface area contributed by atoms with Crippen molar-refractivity contribution in [2.24, 2.45) is 0 Å². The molecule has 0 unspecified atom stereocenters. The molecule has 0 radical (unpaired) electrons. The predicted molar refractivity (Wildman–Crippen MR) is 108 cm³/mol. The van der Waals surface area contributed by atoms with Gasteiger partial charge in [-0.2, -0.15) is 0 Å². The van der Waals surface area contributed by atoms with Crippen LogP contribution in [0.2, 0.25) is 0 Å². The quantitative estimate of drug-likeness (QED) is 0.433. The third-order valence-corrected chi connectivity index (χ3v) is 5.33. The molecule has 152 valence electrons. The van der Waals surface area contributed by atoms with Crippen LogP contribution >= 0.6 is 0 Å². The predicted octanol–water partition coefficient (Wildman–Crippen LogP) is 2.21. The number of imide groups is 1. The average Bonchev–Trinajstić information content (AvgIpc) is 3.01. The lowest BCUT2D eigenvalue weighted by Crippen LogP contribution is -2.38. The van der Waals surface area contributed by atoms with Gasteiger partial charge >= 0.3 is 5.97 Å². The lowest BCUT2D eigenvalue weighted by Gasteiger charge is -2.28. The molecule has 0 aliphatic carbocycles. The molecule has 0 N–H and O–H groups in total. The number of rotatable bonds is 5. The first-order valence-electron chi connectivity index (χ1n) is 9.62. The van der Waals surface area contributed by atoms with Crippen molar-refractivity contribution >= 4 is 23.7 Å². The minimum Gasteiger partial charge on any atom is -0.452 e. The lowest BCUT2D eigenvalue weighted by molar-refractivity contribution is -0.135. The first-order chi connectivity index (χ1) is 14.5. The Morgan fingerprint density at radius 3 is 2.53 bits per heavy atom. The summed E-state index contributed by atoms with van der Waals surface area (Å²) in [5.41, 5.74) is 2.82. The third-order valence-electron chi connectivity index (χ3n) is 5.33. The highest BCUT2D eigenvalue weighted by Crippen LogP contribution is 2.24. The van der Waals surface area contributed by atoms with E-state index in [1.807, 2.05) is 24.3 Å². The molecule has 0 saturated heterocycles. The van der Waals surface area contributed by atoms with Crippen molar-refractivity contribution in [3.05, 3.63) is 82.9 Å². The van der Waals surface area contributed by atoms with Gasteiger partial charge in [0.05, 0.1) is 16.7 Å². The zero-order chi connectivity index (χ0) is 21.3. The molecule has 0 atom stereocenters. The summed E-state index contributed by atoms with van der Waals surface area (Å²) in [6.45, 7) is 4.31. The Bertz CT molecular complexity index is 1080. The second-order valence-electron chi connectivity index (χ2n) is 7.18. The summed E-state index contributed by atoms with van der Waals surface area (Å²) >= 11 is 0. The second-order valence-corrected chi connectivity index (χ2v) is 7.18. The van der Waals surface area contributed by atoms with Crippen molar-refractivity contribution in [2.75, 3.05) is 19.7 Å². The van der Waals surface area contributed by atoms with E-state index in [2.05, 4.69) is 6.58 Å². The van der Waals surface area contributed by atoms with E-state index in [1.165, 1.54) is 29.8 Å². The fourth-order valence-corrected chi connectivity index (χ4v) is 3.72. The number of benzene rings is 2. The van der Waals surface area contributed by atoms with Crippen molar-refractivity contribution in [3.8, 4) is 0 Å². The summed E-state index contributed by atoms with van der Waals surface area (Å²) < 4.78 is 5.17. The third kappa shape index (κ3) is 3.50. The topological polar surface area (TPSA) is 84.0 Å². The normalized spacial score (nSPS) is 14.9. The van der Waals surface area contributed by atoms with Crippen LogP contribution in [0.25, 0.3) is 0 Å². The minimum atomic E-state index is -0.717. The van der Waals surface area contributed by atoms with Gasteiger partial charge in [-0.15, -0.1) is 6.58 Å². The van der Waals surface area contributed by atoms with Crippen LogP contribution in [0.4, 0.5) is 0 Å². The van der Waals surface area contributed by atoms with E-state index < -0.39 is 17.8 Å². The number of hydrogen-bond donors (Lipinski definition) is 0. The first kappa shape index (κ1) is 19.6. The molecule has 2 heterocycles. The van der Waals surface area contributed by atoms with Crippen LogP contribution in [-0.2, 0) is 22.5 Å². The number of hydrogen-bond acceptors (Lipinski definition) is 5. The summed E-state index contributed by atoms with van der Waals surface area (Å²) in [5, 5.41) is 0. The second kappa shape index (κ2) is 7.94. The van der Waals surface area contributed by atoms with Gasteiger partial charge in [0.25, 0.3) is 17.7 Å². The van der Waals surface area contributed by atoms with E-state index in [1.54, 1.807) is 4.90 Å². The van der Waals surface area contributed by atoms with Crippen LogP contribution in [0.1, 0.15) is 42.2 Å². The molecule has 7 nitrogen and oxygen atoms in total. The molecule has 2 aromatic rings. The van der Waals surface area contributed by atoms with Gasteiger partial charge in [0.2, 0.25) is 0 Å². The van der Waals surface area contributed by atoms with Crippen LogP contribution in [-0.4, -0.2) is 53.2 Å². The average molecular weight is 404 g/mol. The van der Waals surface area contributed by atoms with Crippen LogP contribution in [0.15, 0.2) is 55.1 Å². The largest absolute Gasteiger partial charge is 0.452 e. The highest BCUT2D eigenvalue weighted by Gasteiger charge is 2.35. The van der Waals surface area contributed by atoms with E-state index >= 15 is 0 Å². The number of nitrogens with zero attached hydrogens (tertiary/aromatic N) is 2. The van der Waals surface area contributed by atoms with E-state index in [-0.39, 0.29) is 35.7 Å². The summed E-state index contributed by atoms with van der Waals surface area (Å²) in [6, 6.07) is 12.1. The monoisotopic (exact) mass is 404 g/mol. The smallest absolute Gasteiger partial charge is 0.338 e. The molecule has 0 spiro atoms. The lowest BCUT2D eigenvalue weighted by atomic mass is 10.00. The first-order valence-corrected chi connectivity index (χ1v) is 9.62. The summed E-state index contributed by atoms with van der Waals surface area (Å²) in [7, 11) is 0. The Morgan fingerprint density at radius 1 is 1.03 bits per heavy atom. The van der Waals surface area contributed by atoms with Gasteiger partial charge in [-0.1, -0.05) is 30.3 Å². The number of amides is 3. The molecule has 0 bridgehead atoms. The van der Waals surface area contributed by atoms with Crippen LogP contribution in [0.3, 0.4) is 0 Å². The van der Waals surface area contributed by atoms with E-state index in [0.29, 0.717) is 13.1 Å². The van der Waals surface area contributed by atoms with Crippen LogP contribution in [0, 0.1) is 0 Å². The van der Waals surface area contributed by atoms with E-state index in [4.69, 9.17) is 4.74 Å². The van der Waals surface area contributed by atoms with Crippen molar-refractivity contribution < 1.29 is 23.9 Å². The number of ether oxygens (including phenoxy) is 1. The molecular weight excluding hydrogens is 384 g/mol. The van der Waals surface area contributed by atoms with Gasteiger partial charge in [-0.25, -0.2) is 4.79 Å². The molecule has 3 amide bonds. The van der Waals surface area contributed by atoms with Gasteiger partial charge in [-0.3, -0.25) is 19.3 Å². The Hall–Kier alpha value is -3.74. The molecule has 2 aliphatic heterocycles. The molecular formula is C23H20N2O5.